The average Bonchev–Trinajstić information content (AvgIpc) is 2.48. The van der Waals surface area contributed by atoms with Crippen molar-refractivity contribution >= 4 is 17.5 Å². The Labute approximate surface area is 131 Å². The second kappa shape index (κ2) is 7.28. The van der Waals surface area contributed by atoms with Gasteiger partial charge in [0, 0.05) is 11.6 Å². The number of hydrogen-bond donors (Lipinski definition) is 1. The standard InChI is InChI=1S/C18H20ClNO/c1-13(2)17(15-8-10-16(19)11-9-15)18(21)20-12-14-6-4-3-5-7-14/h3-11,13,17H,12H2,1-2H3,(H,20,21)/t17-/m1/s1. The summed E-state index contributed by atoms with van der Waals surface area (Å²) in [4.78, 5) is 12.5. The molecule has 0 aliphatic carbocycles. The number of rotatable bonds is 5. The van der Waals surface area contributed by atoms with E-state index in [-0.39, 0.29) is 17.7 Å². The zero-order valence-electron chi connectivity index (χ0n) is 12.3. The molecule has 2 rings (SSSR count). The van der Waals surface area contributed by atoms with Crippen LogP contribution in [0.1, 0.15) is 30.9 Å². The largest absolute Gasteiger partial charge is 0.351 e. The maximum absolute atomic E-state index is 12.5. The zero-order valence-corrected chi connectivity index (χ0v) is 13.1. The minimum absolute atomic E-state index is 0.0520. The molecule has 110 valence electrons. The summed E-state index contributed by atoms with van der Waals surface area (Å²) in [6.07, 6.45) is 0. The normalized spacial score (nSPS) is 12.2. The Hall–Kier alpha value is -1.80. The molecular weight excluding hydrogens is 282 g/mol. The van der Waals surface area contributed by atoms with E-state index in [9.17, 15) is 4.79 Å². The van der Waals surface area contributed by atoms with Crippen molar-refractivity contribution in [1.82, 2.24) is 5.32 Å². The molecule has 0 unspecified atom stereocenters. The Morgan fingerprint density at radius 3 is 2.24 bits per heavy atom. The fraction of sp³-hybridized carbons (Fsp3) is 0.278. The van der Waals surface area contributed by atoms with Gasteiger partial charge in [-0.1, -0.05) is 67.9 Å². The molecule has 21 heavy (non-hydrogen) atoms. The lowest BCUT2D eigenvalue weighted by Crippen LogP contribution is -2.31. The number of carbonyl (C=O) groups is 1. The zero-order chi connectivity index (χ0) is 15.2. The summed E-state index contributed by atoms with van der Waals surface area (Å²) >= 11 is 5.92. The fourth-order valence-electron chi connectivity index (χ4n) is 2.40. The van der Waals surface area contributed by atoms with Gasteiger partial charge in [0.2, 0.25) is 5.91 Å². The molecule has 1 atom stereocenters. The molecule has 0 aliphatic heterocycles. The number of amides is 1. The van der Waals surface area contributed by atoms with Crippen molar-refractivity contribution in [3.8, 4) is 0 Å². The van der Waals surface area contributed by atoms with E-state index in [1.54, 1.807) is 0 Å². The summed E-state index contributed by atoms with van der Waals surface area (Å²) in [6, 6.07) is 17.4. The summed E-state index contributed by atoms with van der Waals surface area (Å²) in [5.41, 5.74) is 2.10. The molecule has 0 saturated carbocycles. The highest BCUT2D eigenvalue weighted by molar-refractivity contribution is 6.30. The fourth-order valence-corrected chi connectivity index (χ4v) is 2.53. The van der Waals surface area contributed by atoms with Gasteiger partial charge in [-0.15, -0.1) is 0 Å². The van der Waals surface area contributed by atoms with Crippen LogP contribution in [-0.4, -0.2) is 5.91 Å². The highest BCUT2D eigenvalue weighted by Crippen LogP contribution is 2.26. The Balaban J connectivity index is 2.07. The molecule has 1 amide bonds. The van der Waals surface area contributed by atoms with Crippen LogP contribution in [0.25, 0.3) is 0 Å². The molecule has 1 N–H and O–H groups in total. The van der Waals surface area contributed by atoms with Gasteiger partial charge in [-0.25, -0.2) is 0 Å². The number of benzene rings is 2. The third-order valence-corrected chi connectivity index (χ3v) is 3.74. The van der Waals surface area contributed by atoms with Gasteiger partial charge < -0.3 is 5.32 Å². The monoisotopic (exact) mass is 301 g/mol. The summed E-state index contributed by atoms with van der Waals surface area (Å²) < 4.78 is 0. The van der Waals surface area contributed by atoms with Crippen molar-refractivity contribution in [3.05, 3.63) is 70.7 Å². The Morgan fingerprint density at radius 1 is 1.05 bits per heavy atom. The minimum Gasteiger partial charge on any atom is -0.351 e. The Morgan fingerprint density at radius 2 is 1.67 bits per heavy atom. The van der Waals surface area contributed by atoms with Crippen molar-refractivity contribution < 1.29 is 4.79 Å². The van der Waals surface area contributed by atoms with E-state index >= 15 is 0 Å². The first kappa shape index (κ1) is 15.6. The van der Waals surface area contributed by atoms with Crippen LogP contribution < -0.4 is 5.32 Å². The van der Waals surface area contributed by atoms with E-state index < -0.39 is 0 Å². The van der Waals surface area contributed by atoms with Crippen LogP contribution >= 0.6 is 11.6 Å². The molecule has 0 fully saturated rings. The summed E-state index contributed by atoms with van der Waals surface area (Å²) in [6.45, 7) is 4.67. The third kappa shape index (κ3) is 4.33. The van der Waals surface area contributed by atoms with Crippen LogP contribution in [0.5, 0.6) is 0 Å². The van der Waals surface area contributed by atoms with Gasteiger partial charge in [0.15, 0.2) is 0 Å². The van der Waals surface area contributed by atoms with Crippen LogP contribution in [0.15, 0.2) is 54.6 Å². The molecule has 2 nitrogen and oxygen atoms in total. The number of halogens is 1. The molecule has 2 aromatic rings. The van der Waals surface area contributed by atoms with Crippen LogP contribution in [-0.2, 0) is 11.3 Å². The molecule has 0 aliphatic rings. The van der Waals surface area contributed by atoms with Crippen LogP contribution in [0.4, 0.5) is 0 Å². The number of nitrogens with one attached hydrogen (secondary N) is 1. The van der Waals surface area contributed by atoms with Crippen LogP contribution in [0.3, 0.4) is 0 Å². The highest BCUT2D eigenvalue weighted by Gasteiger charge is 2.23. The number of carbonyl (C=O) groups excluding carboxylic acids is 1. The van der Waals surface area contributed by atoms with Gasteiger partial charge in [-0.2, -0.15) is 0 Å². The van der Waals surface area contributed by atoms with E-state index in [2.05, 4.69) is 19.2 Å². The summed E-state index contributed by atoms with van der Waals surface area (Å²) in [5.74, 6) is 0.115. The third-order valence-electron chi connectivity index (χ3n) is 3.49. The Kier molecular flexibility index (Phi) is 5.40. The minimum atomic E-state index is -0.161. The molecule has 0 bridgehead atoms. The van der Waals surface area contributed by atoms with Crippen molar-refractivity contribution in [2.24, 2.45) is 5.92 Å². The van der Waals surface area contributed by atoms with Gasteiger partial charge in [0.1, 0.15) is 0 Å². The van der Waals surface area contributed by atoms with Gasteiger partial charge in [-0.05, 0) is 29.2 Å². The molecule has 0 spiro atoms. The van der Waals surface area contributed by atoms with Crippen LogP contribution in [0, 0.1) is 5.92 Å². The lowest BCUT2D eigenvalue weighted by atomic mass is 9.87. The van der Waals surface area contributed by atoms with Crippen molar-refractivity contribution in [2.75, 3.05) is 0 Å². The maximum atomic E-state index is 12.5. The van der Waals surface area contributed by atoms with Gasteiger partial charge >= 0.3 is 0 Å². The van der Waals surface area contributed by atoms with Gasteiger partial charge in [0.25, 0.3) is 0 Å². The van der Waals surface area contributed by atoms with Crippen molar-refractivity contribution in [3.63, 3.8) is 0 Å². The average molecular weight is 302 g/mol. The first-order valence-corrected chi connectivity index (χ1v) is 7.53. The van der Waals surface area contributed by atoms with Gasteiger partial charge in [-0.3, -0.25) is 4.79 Å². The van der Waals surface area contributed by atoms with Crippen molar-refractivity contribution in [1.29, 1.82) is 0 Å². The quantitative estimate of drug-likeness (QED) is 0.871. The summed E-state index contributed by atoms with van der Waals surface area (Å²) in [7, 11) is 0. The predicted molar refractivity (Wildman–Crippen MR) is 87.3 cm³/mol. The molecular formula is C18H20ClNO. The number of hydrogen-bond acceptors (Lipinski definition) is 1. The molecule has 0 heterocycles. The lowest BCUT2D eigenvalue weighted by Gasteiger charge is -2.21. The molecule has 3 heteroatoms. The first-order valence-electron chi connectivity index (χ1n) is 7.15. The molecule has 0 saturated heterocycles. The maximum Gasteiger partial charge on any atom is 0.228 e. The first-order chi connectivity index (χ1) is 10.1. The van der Waals surface area contributed by atoms with E-state index in [4.69, 9.17) is 11.6 Å². The second-order valence-corrected chi connectivity index (χ2v) is 5.91. The van der Waals surface area contributed by atoms with Gasteiger partial charge in [0.05, 0.1) is 5.92 Å². The SMILES string of the molecule is CC(C)[C@@H](C(=O)NCc1ccccc1)c1ccc(Cl)cc1. The molecule has 0 aromatic heterocycles. The van der Waals surface area contributed by atoms with E-state index in [0.29, 0.717) is 11.6 Å². The van der Waals surface area contributed by atoms with E-state index in [0.717, 1.165) is 11.1 Å². The predicted octanol–water partition coefficient (Wildman–Crippen LogP) is 4.40. The summed E-state index contributed by atoms with van der Waals surface area (Å²) in [5, 5.41) is 3.71. The smallest absolute Gasteiger partial charge is 0.228 e. The topological polar surface area (TPSA) is 29.1 Å². The molecule has 2 aromatic carbocycles. The van der Waals surface area contributed by atoms with Crippen molar-refractivity contribution in [2.45, 2.75) is 26.3 Å². The van der Waals surface area contributed by atoms with E-state index in [1.807, 2.05) is 54.6 Å². The lowest BCUT2D eigenvalue weighted by molar-refractivity contribution is -0.123. The van der Waals surface area contributed by atoms with E-state index in [1.165, 1.54) is 0 Å². The molecule has 0 radical (unpaired) electrons. The Bertz CT molecular complexity index is 578. The second-order valence-electron chi connectivity index (χ2n) is 5.48. The highest BCUT2D eigenvalue weighted by atomic mass is 35.5. The van der Waals surface area contributed by atoms with Crippen LogP contribution in [0.2, 0.25) is 5.02 Å².